The van der Waals surface area contributed by atoms with E-state index in [1.165, 1.54) is 11.3 Å². The fourth-order valence-corrected chi connectivity index (χ4v) is 2.88. The second-order valence-corrected chi connectivity index (χ2v) is 6.34. The first kappa shape index (κ1) is 13.4. The lowest BCUT2D eigenvalue weighted by molar-refractivity contribution is 0.561. The molecule has 1 fully saturated rings. The van der Waals surface area contributed by atoms with Gasteiger partial charge in [0, 0.05) is 24.5 Å². The minimum Gasteiger partial charge on any atom is -0.356 e. The predicted octanol–water partition coefficient (Wildman–Crippen LogP) is 2.50. The minimum atomic E-state index is 0.624. The number of hydrogen-bond acceptors (Lipinski definition) is 2. The highest BCUT2D eigenvalue weighted by Gasteiger charge is 2.33. The number of aliphatic imine (C=N–C) groups is 1. The molecule has 1 saturated carbocycles. The van der Waals surface area contributed by atoms with Crippen LogP contribution < -0.4 is 10.6 Å². The Balaban J connectivity index is 1.69. The van der Waals surface area contributed by atoms with Gasteiger partial charge in [0.15, 0.2) is 5.96 Å². The van der Waals surface area contributed by atoms with Crippen molar-refractivity contribution >= 4 is 17.3 Å². The second-order valence-electron chi connectivity index (χ2n) is 5.31. The number of nitrogens with zero attached hydrogens (tertiary/aromatic N) is 1. The molecule has 1 aromatic rings. The first-order valence-corrected chi connectivity index (χ1v) is 7.56. The van der Waals surface area contributed by atoms with E-state index in [9.17, 15) is 0 Å². The molecule has 0 bridgehead atoms. The molecule has 0 spiro atoms. The fraction of sp³-hybridized carbons (Fsp3) is 0.643. The van der Waals surface area contributed by atoms with E-state index in [0.29, 0.717) is 12.0 Å². The van der Waals surface area contributed by atoms with Crippen LogP contribution in [0.3, 0.4) is 0 Å². The van der Waals surface area contributed by atoms with Gasteiger partial charge in [0.2, 0.25) is 0 Å². The van der Waals surface area contributed by atoms with Crippen molar-refractivity contribution < 1.29 is 0 Å². The molecule has 0 radical (unpaired) electrons. The fourth-order valence-electron chi connectivity index (χ4n) is 2.01. The average Bonchev–Trinajstić information content (AvgIpc) is 2.82. The van der Waals surface area contributed by atoms with Crippen LogP contribution in [0, 0.1) is 11.8 Å². The van der Waals surface area contributed by atoms with Gasteiger partial charge in [0.05, 0.1) is 0 Å². The van der Waals surface area contributed by atoms with Crippen LogP contribution in [0.1, 0.15) is 25.1 Å². The molecule has 2 N–H and O–H groups in total. The molecule has 3 nitrogen and oxygen atoms in total. The maximum absolute atomic E-state index is 4.27. The van der Waals surface area contributed by atoms with E-state index in [1.54, 1.807) is 0 Å². The Kier molecular flexibility index (Phi) is 4.64. The van der Waals surface area contributed by atoms with Gasteiger partial charge < -0.3 is 10.6 Å². The van der Waals surface area contributed by atoms with E-state index >= 15 is 0 Å². The van der Waals surface area contributed by atoms with Crippen molar-refractivity contribution in [1.82, 2.24) is 10.6 Å². The molecule has 100 valence electrons. The molecule has 18 heavy (non-hydrogen) atoms. The summed E-state index contributed by atoms with van der Waals surface area (Å²) in [4.78, 5) is 5.73. The number of guanidine groups is 1. The van der Waals surface area contributed by atoms with Crippen molar-refractivity contribution in [1.29, 1.82) is 0 Å². The summed E-state index contributed by atoms with van der Waals surface area (Å²) in [7, 11) is 1.84. The summed E-state index contributed by atoms with van der Waals surface area (Å²) in [6, 6.07) is 4.96. The van der Waals surface area contributed by atoms with Crippen LogP contribution in [0.4, 0.5) is 0 Å². The number of thiophene rings is 1. The summed E-state index contributed by atoms with van der Waals surface area (Å²) in [5, 5.41) is 9.01. The average molecular weight is 265 g/mol. The highest BCUT2D eigenvalue weighted by molar-refractivity contribution is 7.09. The van der Waals surface area contributed by atoms with Crippen molar-refractivity contribution in [3.63, 3.8) is 0 Å². The smallest absolute Gasteiger partial charge is 0.191 e. The Labute approximate surface area is 114 Å². The van der Waals surface area contributed by atoms with Gasteiger partial charge in [-0.2, -0.15) is 0 Å². The normalized spacial score (nSPS) is 24.7. The Morgan fingerprint density at radius 2 is 2.39 bits per heavy atom. The highest BCUT2D eigenvalue weighted by atomic mass is 32.1. The summed E-state index contributed by atoms with van der Waals surface area (Å²) >= 11 is 1.84. The van der Waals surface area contributed by atoms with Crippen LogP contribution in [0.15, 0.2) is 22.5 Å². The lowest BCUT2D eigenvalue weighted by Gasteiger charge is -2.15. The van der Waals surface area contributed by atoms with Gasteiger partial charge in [0.25, 0.3) is 0 Å². The van der Waals surface area contributed by atoms with E-state index in [4.69, 9.17) is 0 Å². The lowest BCUT2D eigenvalue weighted by atomic mass is 10.1. The molecule has 1 aromatic heterocycles. The van der Waals surface area contributed by atoms with Crippen molar-refractivity contribution in [2.45, 2.75) is 32.7 Å². The molecular formula is C14H23N3S. The van der Waals surface area contributed by atoms with Crippen molar-refractivity contribution in [3.8, 4) is 0 Å². The third kappa shape index (κ3) is 4.02. The van der Waals surface area contributed by atoms with Gasteiger partial charge in [-0.25, -0.2) is 0 Å². The van der Waals surface area contributed by atoms with Crippen molar-refractivity contribution in [2.75, 3.05) is 13.6 Å². The molecule has 1 aliphatic carbocycles. The zero-order valence-corrected chi connectivity index (χ0v) is 12.3. The quantitative estimate of drug-likeness (QED) is 0.634. The maximum Gasteiger partial charge on any atom is 0.191 e. The summed E-state index contributed by atoms with van der Waals surface area (Å²) in [5.41, 5.74) is 0. The summed E-state index contributed by atoms with van der Waals surface area (Å²) in [6.45, 7) is 5.52. The monoisotopic (exact) mass is 265 g/mol. The Morgan fingerprint density at radius 1 is 1.61 bits per heavy atom. The molecule has 0 amide bonds. The molecule has 4 heteroatoms. The standard InChI is InChI=1S/C14H23N3S/c1-10(7-12-5-4-6-18-12)9-16-14(15-3)17-13-8-11(13)2/h4-6,10-11,13H,7-9H2,1-3H3,(H2,15,16,17). The second kappa shape index (κ2) is 6.23. The van der Waals surface area contributed by atoms with E-state index in [2.05, 4.69) is 47.0 Å². The topological polar surface area (TPSA) is 36.4 Å². The number of rotatable bonds is 5. The van der Waals surface area contributed by atoms with Gasteiger partial charge in [-0.1, -0.05) is 19.9 Å². The third-order valence-corrected chi connectivity index (χ3v) is 4.30. The highest BCUT2D eigenvalue weighted by Crippen LogP contribution is 2.28. The zero-order chi connectivity index (χ0) is 13.0. The summed E-state index contributed by atoms with van der Waals surface area (Å²) < 4.78 is 0. The van der Waals surface area contributed by atoms with Gasteiger partial charge >= 0.3 is 0 Å². The summed E-state index contributed by atoms with van der Waals surface area (Å²) in [5.74, 6) is 2.37. The third-order valence-electron chi connectivity index (χ3n) is 3.40. The number of hydrogen-bond donors (Lipinski definition) is 2. The molecule has 0 aromatic carbocycles. The molecule has 1 aliphatic rings. The Hall–Kier alpha value is -1.03. The molecule has 3 unspecified atom stereocenters. The maximum atomic E-state index is 4.27. The van der Waals surface area contributed by atoms with Gasteiger partial charge in [-0.15, -0.1) is 11.3 Å². The van der Waals surface area contributed by atoms with Crippen LogP contribution in [0.25, 0.3) is 0 Å². The van der Waals surface area contributed by atoms with Gasteiger partial charge in [0.1, 0.15) is 0 Å². The minimum absolute atomic E-state index is 0.624. The first-order chi connectivity index (χ1) is 8.69. The van der Waals surface area contributed by atoms with Crippen LogP contribution in [0.2, 0.25) is 0 Å². The van der Waals surface area contributed by atoms with Crippen LogP contribution in [0.5, 0.6) is 0 Å². The predicted molar refractivity (Wildman–Crippen MR) is 79.3 cm³/mol. The Morgan fingerprint density at radius 3 is 2.94 bits per heavy atom. The van der Waals surface area contributed by atoms with Crippen LogP contribution in [-0.2, 0) is 6.42 Å². The molecule has 2 rings (SSSR count). The van der Waals surface area contributed by atoms with Crippen LogP contribution in [-0.4, -0.2) is 25.6 Å². The van der Waals surface area contributed by atoms with Crippen molar-refractivity contribution in [2.24, 2.45) is 16.8 Å². The van der Waals surface area contributed by atoms with Crippen molar-refractivity contribution in [3.05, 3.63) is 22.4 Å². The lowest BCUT2D eigenvalue weighted by Crippen LogP contribution is -2.41. The molecule has 3 atom stereocenters. The van der Waals surface area contributed by atoms with E-state index < -0.39 is 0 Å². The van der Waals surface area contributed by atoms with Gasteiger partial charge in [-0.05, 0) is 36.1 Å². The zero-order valence-electron chi connectivity index (χ0n) is 11.4. The number of nitrogens with one attached hydrogen (secondary N) is 2. The van der Waals surface area contributed by atoms with E-state index in [1.807, 2.05) is 18.4 Å². The SMILES string of the molecule is CN=C(NCC(C)Cc1cccs1)NC1CC1C. The van der Waals surface area contributed by atoms with Gasteiger partial charge in [-0.3, -0.25) is 4.99 Å². The Bertz CT molecular complexity index is 386. The molecule has 0 saturated heterocycles. The molecule has 1 heterocycles. The first-order valence-electron chi connectivity index (χ1n) is 6.68. The summed E-state index contributed by atoms with van der Waals surface area (Å²) in [6.07, 6.45) is 2.41. The van der Waals surface area contributed by atoms with E-state index in [-0.39, 0.29) is 0 Å². The van der Waals surface area contributed by atoms with E-state index in [0.717, 1.165) is 24.8 Å². The largest absolute Gasteiger partial charge is 0.356 e. The van der Waals surface area contributed by atoms with Crippen LogP contribution >= 0.6 is 11.3 Å². The molecule has 0 aliphatic heterocycles. The molecular weight excluding hydrogens is 242 g/mol.